The minimum atomic E-state index is -0.656. The van der Waals surface area contributed by atoms with Gasteiger partial charge in [-0.15, -0.1) is 0 Å². The number of hydrogen-bond donors (Lipinski definition) is 1. The van der Waals surface area contributed by atoms with Crippen LogP contribution in [-0.2, 0) is 0 Å². The highest BCUT2D eigenvalue weighted by Crippen LogP contribution is 2.40. The van der Waals surface area contributed by atoms with Crippen molar-refractivity contribution in [1.29, 1.82) is 0 Å². The van der Waals surface area contributed by atoms with E-state index in [0.29, 0.717) is 5.56 Å². The SMILES string of the molecule is CC(O)c1cc([N+](=O)[O-])sc1N1CCCCC1. The third kappa shape index (κ3) is 2.58. The first-order chi connectivity index (χ1) is 8.09. The highest BCUT2D eigenvalue weighted by molar-refractivity contribution is 7.19. The maximum atomic E-state index is 10.8. The molecule has 0 amide bonds. The predicted molar refractivity (Wildman–Crippen MR) is 67.7 cm³/mol. The summed E-state index contributed by atoms with van der Waals surface area (Å²) >= 11 is 1.17. The van der Waals surface area contributed by atoms with Crippen molar-refractivity contribution in [2.75, 3.05) is 18.0 Å². The zero-order chi connectivity index (χ0) is 12.4. The van der Waals surface area contributed by atoms with Crippen molar-refractivity contribution < 1.29 is 10.0 Å². The molecule has 0 saturated carbocycles. The first kappa shape index (κ1) is 12.3. The molecule has 94 valence electrons. The van der Waals surface area contributed by atoms with Crippen molar-refractivity contribution in [3.63, 3.8) is 0 Å². The van der Waals surface area contributed by atoms with E-state index in [0.717, 1.165) is 30.9 Å². The maximum Gasteiger partial charge on any atom is 0.326 e. The molecule has 1 N–H and O–H groups in total. The number of hydrogen-bond acceptors (Lipinski definition) is 5. The van der Waals surface area contributed by atoms with Crippen LogP contribution in [0.1, 0.15) is 37.9 Å². The van der Waals surface area contributed by atoms with Gasteiger partial charge in [0.25, 0.3) is 0 Å². The van der Waals surface area contributed by atoms with Gasteiger partial charge < -0.3 is 10.0 Å². The second kappa shape index (κ2) is 5.01. The molecule has 1 unspecified atom stereocenters. The molecule has 6 heteroatoms. The van der Waals surface area contributed by atoms with E-state index in [1.807, 2.05) is 0 Å². The van der Waals surface area contributed by atoms with Gasteiger partial charge in [-0.3, -0.25) is 10.1 Å². The largest absolute Gasteiger partial charge is 0.389 e. The van der Waals surface area contributed by atoms with Crippen molar-refractivity contribution >= 4 is 21.3 Å². The molecule has 1 saturated heterocycles. The van der Waals surface area contributed by atoms with Crippen LogP contribution >= 0.6 is 11.3 Å². The average molecular weight is 256 g/mol. The zero-order valence-electron chi connectivity index (χ0n) is 9.76. The van der Waals surface area contributed by atoms with E-state index in [1.54, 1.807) is 6.92 Å². The van der Waals surface area contributed by atoms with Crippen LogP contribution in [0.15, 0.2) is 6.07 Å². The van der Waals surface area contributed by atoms with Gasteiger partial charge in [-0.25, -0.2) is 0 Å². The van der Waals surface area contributed by atoms with Gasteiger partial charge in [-0.05, 0) is 37.5 Å². The van der Waals surface area contributed by atoms with Crippen molar-refractivity contribution in [3.8, 4) is 0 Å². The Bertz CT molecular complexity index is 411. The molecule has 0 aliphatic carbocycles. The van der Waals surface area contributed by atoms with Gasteiger partial charge in [0.05, 0.1) is 11.0 Å². The number of aliphatic hydroxyl groups is 1. The first-order valence-electron chi connectivity index (χ1n) is 5.80. The van der Waals surface area contributed by atoms with E-state index in [4.69, 9.17) is 0 Å². The van der Waals surface area contributed by atoms with Gasteiger partial charge in [0, 0.05) is 24.7 Å². The highest BCUT2D eigenvalue weighted by atomic mass is 32.1. The number of thiophene rings is 1. The molecular formula is C11H16N2O3S. The van der Waals surface area contributed by atoms with Gasteiger partial charge in [0.2, 0.25) is 0 Å². The number of nitrogens with zero attached hydrogens (tertiary/aromatic N) is 2. The van der Waals surface area contributed by atoms with E-state index in [2.05, 4.69) is 4.90 Å². The third-order valence-electron chi connectivity index (χ3n) is 3.00. The quantitative estimate of drug-likeness (QED) is 0.667. The molecular weight excluding hydrogens is 240 g/mol. The Hall–Kier alpha value is -1.14. The number of aliphatic hydroxyl groups excluding tert-OH is 1. The second-order valence-electron chi connectivity index (χ2n) is 4.33. The Morgan fingerprint density at radius 1 is 1.47 bits per heavy atom. The van der Waals surface area contributed by atoms with Crippen LogP contribution in [0.5, 0.6) is 0 Å². The lowest BCUT2D eigenvalue weighted by Crippen LogP contribution is -2.29. The maximum absolute atomic E-state index is 10.8. The summed E-state index contributed by atoms with van der Waals surface area (Å²) < 4.78 is 0. The van der Waals surface area contributed by atoms with Gasteiger partial charge in [0.1, 0.15) is 5.00 Å². The number of nitro groups is 1. The second-order valence-corrected chi connectivity index (χ2v) is 5.34. The molecule has 1 aromatic heterocycles. The summed E-state index contributed by atoms with van der Waals surface area (Å²) in [6.45, 7) is 3.51. The van der Waals surface area contributed by atoms with Gasteiger partial charge >= 0.3 is 5.00 Å². The van der Waals surface area contributed by atoms with E-state index in [-0.39, 0.29) is 9.92 Å². The summed E-state index contributed by atoms with van der Waals surface area (Å²) in [6, 6.07) is 1.50. The van der Waals surface area contributed by atoms with E-state index < -0.39 is 6.10 Å². The molecule has 0 spiro atoms. The summed E-state index contributed by atoms with van der Waals surface area (Å²) in [5, 5.41) is 21.5. The lowest BCUT2D eigenvalue weighted by Gasteiger charge is -2.28. The summed E-state index contributed by atoms with van der Waals surface area (Å²) in [6.07, 6.45) is 2.79. The predicted octanol–water partition coefficient (Wildman–Crippen LogP) is 2.70. The fraction of sp³-hybridized carbons (Fsp3) is 0.636. The van der Waals surface area contributed by atoms with Crippen LogP contribution in [0.25, 0.3) is 0 Å². The Balaban J connectivity index is 2.32. The highest BCUT2D eigenvalue weighted by Gasteiger charge is 2.24. The molecule has 2 rings (SSSR count). The van der Waals surface area contributed by atoms with E-state index in [1.165, 1.54) is 23.8 Å². The lowest BCUT2D eigenvalue weighted by molar-refractivity contribution is -0.380. The molecule has 2 heterocycles. The zero-order valence-corrected chi connectivity index (χ0v) is 10.6. The molecule has 1 aromatic rings. The minimum Gasteiger partial charge on any atom is -0.389 e. The normalized spacial score (nSPS) is 18.1. The summed E-state index contributed by atoms with van der Waals surface area (Å²) in [4.78, 5) is 12.6. The van der Waals surface area contributed by atoms with Crippen molar-refractivity contribution in [1.82, 2.24) is 0 Å². The molecule has 1 fully saturated rings. The van der Waals surface area contributed by atoms with Crippen LogP contribution in [0, 0.1) is 10.1 Å². The van der Waals surface area contributed by atoms with Crippen LogP contribution in [0.2, 0.25) is 0 Å². The Kier molecular flexibility index (Phi) is 3.63. The van der Waals surface area contributed by atoms with Gasteiger partial charge in [-0.2, -0.15) is 0 Å². The first-order valence-corrected chi connectivity index (χ1v) is 6.62. The molecule has 0 radical (unpaired) electrons. The van der Waals surface area contributed by atoms with Crippen LogP contribution in [-0.4, -0.2) is 23.1 Å². The summed E-state index contributed by atoms with van der Waals surface area (Å²) in [7, 11) is 0. The molecule has 5 nitrogen and oxygen atoms in total. The van der Waals surface area contributed by atoms with Crippen molar-refractivity contribution in [3.05, 3.63) is 21.7 Å². The molecule has 0 aromatic carbocycles. The Morgan fingerprint density at radius 3 is 2.65 bits per heavy atom. The third-order valence-corrected chi connectivity index (χ3v) is 4.16. The summed E-state index contributed by atoms with van der Waals surface area (Å²) in [5.41, 5.74) is 0.684. The topological polar surface area (TPSA) is 66.6 Å². The molecule has 1 aliphatic heterocycles. The van der Waals surface area contributed by atoms with E-state index in [9.17, 15) is 15.2 Å². The van der Waals surface area contributed by atoms with Crippen molar-refractivity contribution in [2.45, 2.75) is 32.3 Å². The minimum absolute atomic E-state index is 0.112. The van der Waals surface area contributed by atoms with Crippen molar-refractivity contribution in [2.24, 2.45) is 0 Å². The Morgan fingerprint density at radius 2 is 2.12 bits per heavy atom. The number of piperidine rings is 1. The monoisotopic (exact) mass is 256 g/mol. The smallest absolute Gasteiger partial charge is 0.326 e. The fourth-order valence-electron chi connectivity index (χ4n) is 2.12. The van der Waals surface area contributed by atoms with Gasteiger partial charge in [0.15, 0.2) is 0 Å². The van der Waals surface area contributed by atoms with Crippen LogP contribution < -0.4 is 4.90 Å². The van der Waals surface area contributed by atoms with Crippen LogP contribution in [0.3, 0.4) is 0 Å². The summed E-state index contributed by atoms with van der Waals surface area (Å²) in [5.74, 6) is 0. The van der Waals surface area contributed by atoms with Gasteiger partial charge in [-0.1, -0.05) is 0 Å². The molecule has 1 aliphatic rings. The number of anilines is 1. The van der Waals surface area contributed by atoms with E-state index >= 15 is 0 Å². The Labute approximate surface area is 104 Å². The average Bonchev–Trinajstić information content (AvgIpc) is 2.75. The lowest BCUT2D eigenvalue weighted by atomic mass is 10.1. The van der Waals surface area contributed by atoms with Crippen LogP contribution in [0.4, 0.5) is 10.0 Å². The molecule has 0 bridgehead atoms. The molecule has 17 heavy (non-hydrogen) atoms. The standard InChI is InChI=1S/C11H16N2O3S/c1-8(14)9-7-10(13(15)16)17-11(9)12-5-3-2-4-6-12/h7-8,14H,2-6H2,1H3. The molecule has 1 atom stereocenters. The fourth-order valence-corrected chi connectivity index (χ4v) is 3.23. The number of rotatable bonds is 3.